The van der Waals surface area contributed by atoms with Crippen molar-refractivity contribution in [3.63, 3.8) is 0 Å². The van der Waals surface area contributed by atoms with Crippen LogP contribution in [0.15, 0.2) is 0 Å². The molecule has 5 unspecified atom stereocenters. The van der Waals surface area contributed by atoms with E-state index in [2.05, 4.69) is 17.1 Å². The second-order valence-corrected chi connectivity index (χ2v) is 7.89. The lowest BCUT2D eigenvalue weighted by atomic mass is 9.84. The molecule has 0 spiro atoms. The van der Waals surface area contributed by atoms with E-state index in [-0.39, 0.29) is 5.91 Å². The van der Waals surface area contributed by atoms with Gasteiger partial charge in [0.15, 0.2) is 0 Å². The molecule has 5 atom stereocenters. The summed E-state index contributed by atoms with van der Waals surface area (Å²) in [6.45, 7) is 4.57. The maximum absolute atomic E-state index is 12.5. The Morgan fingerprint density at radius 2 is 2.14 bits per heavy atom. The first-order chi connectivity index (χ1) is 10.7. The van der Waals surface area contributed by atoms with Crippen molar-refractivity contribution in [2.24, 2.45) is 23.5 Å². The number of rotatable bonds is 6. The molecular formula is C18H33N3O. The third kappa shape index (κ3) is 3.65. The lowest BCUT2D eigenvalue weighted by molar-refractivity contribution is -0.124. The van der Waals surface area contributed by atoms with Crippen molar-refractivity contribution in [1.82, 2.24) is 10.2 Å². The number of hydrogen-bond acceptors (Lipinski definition) is 3. The number of nitrogens with two attached hydrogens (primary N) is 1. The smallest absolute Gasteiger partial charge is 0.234 e. The Bertz CT molecular complexity index is 385. The van der Waals surface area contributed by atoms with E-state index in [1.807, 2.05) is 0 Å². The fraction of sp³-hybridized carbons (Fsp3) is 0.944. The van der Waals surface area contributed by atoms with Gasteiger partial charge in [-0.05, 0) is 76.3 Å². The molecule has 0 radical (unpaired) electrons. The first-order valence-electron chi connectivity index (χ1n) is 9.41. The Hall–Kier alpha value is -0.610. The van der Waals surface area contributed by atoms with Gasteiger partial charge in [-0.1, -0.05) is 12.8 Å². The van der Waals surface area contributed by atoms with E-state index in [1.54, 1.807) is 0 Å². The summed E-state index contributed by atoms with van der Waals surface area (Å²) in [5.74, 6) is 2.77. The number of amides is 1. The van der Waals surface area contributed by atoms with E-state index >= 15 is 0 Å². The van der Waals surface area contributed by atoms with E-state index in [9.17, 15) is 4.79 Å². The van der Waals surface area contributed by atoms with Crippen molar-refractivity contribution in [3.8, 4) is 0 Å². The third-order valence-electron chi connectivity index (χ3n) is 6.42. The van der Waals surface area contributed by atoms with Gasteiger partial charge in [0.05, 0.1) is 6.54 Å². The molecule has 4 heteroatoms. The molecule has 1 saturated heterocycles. The van der Waals surface area contributed by atoms with Crippen LogP contribution in [0.4, 0.5) is 0 Å². The molecule has 0 aromatic carbocycles. The maximum atomic E-state index is 12.5. The predicted molar refractivity (Wildman–Crippen MR) is 89.4 cm³/mol. The summed E-state index contributed by atoms with van der Waals surface area (Å²) in [4.78, 5) is 14.8. The van der Waals surface area contributed by atoms with Crippen molar-refractivity contribution in [1.29, 1.82) is 0 Å². The van der Waals surface area contributed by atoms with Crippen LogP contribution in [-0.4, -0.2) is 42.5 Å². The predicted octanol–water partition coefficient (Wildman–Crippen LogP) is 2.13. The largest absolute Gasteiger partial charge is 0.352 e. The molecule has 2 aliphatic carbocycles. The Kier molecular flexibility index (Phi) is 5.40. The molecule has 0 aromatic heterocycles. The number of hydrogen-bond donors (Lipinski definition) is 2. The van der Waals surface area contributed by atoms with E-state index in [0.717, 1.165) is 37.3 Å². The van der Waals surface area contributed by atoms with E-state index in [1.165, 1.54) is 44.9 Å². The van der Waals surface area contributed by atoms with E-state index in [0.29, 0.717) is 18.6 Å². The van der Waals surface area contributed by atoms with Crippen LogP contribution in [0.3, 0.4) is 0 Å². The zero-order valence-electron chi connectivity index (χ0n) is 14.1. The Morgan fingerprint density at radius 1 is 1.27 bits per heavy atom. The summed E-state index contributed by atoms with van der Waals surface area (Å²) in [7, 11) is 0. The minimum Gasteiger partial charge on any atom is -0.352 e. The lowest BCUT2D eigenvalue weighted by Gasteiger charge is -2.36. The fourth-order valence-corrected chi connectivity index (χ4v) is 5.28. The van der Waals surface area contributed by atoms with E-state index < -0.39 is 0 Å². The minimum atomic E-state index is 0.221. The number of nitrogens with one attached hydrogen (secondary N) is 1. The maximum Gasteiger partial charge on any atom is 0.234 e. The number of fused-ring (bicyclic) bond motifs is 2. The Labute approximate surface area is 135 Å². The van der Waals surface area contributed by atoms with Gasteiger partial charge in [0.25, 0.3) is 0 Å². The van der Waals surface area contributed by atoms with Gasteiger partial charge in [0.2, 0.25) is 5.91 Å². The summed E-state index contributed by atoms with van der Waals surface area (Å²) in [6.07, 6.45) is 10.3. The molecule has 126 valence electrons. The monoisotopic (exact) mass is 307 g/mol. The van der Waals surface area contributed by atoms with Crippen LogP contribution < -0.4 is 11.1 Å². The molecular weight excluding hydrogens is 274 g/mol. The highest BCUT2D eigenvalue weighted by molar-refractivity contribution is 5.78. The Morgan fingerprint density at radius 3 is 2.82 bits per heavy atom. The van der Waals surface area contributed by atoms with Crippen molar-refractivity contribution >= 4 is 5.91 Å². The standard InChI is InChI=1S/C18H33N3O/c1-13(17-11-14-5-6-15(17)10-14)20-18(22)12-21-9-3-2-4-16(21)7-8-19/h13-17H,2-12,19H2,1H3,(H,20,22). The quantitative estimate of drug-likeness (QED) is 0.790. The fourth-order valence-electron chi connectivity index (χ4n) is 5.28. The lowest BCUT2D eigenvalue weighted by Crippen LogP contribution is -2.49. The molecule has 0 aromatic rings. The zero-order valence-corrected chi connectivity index (χ0v) is 14.1. The molecule has 1 heterocycles. The number of likely N-dealkylation sites (tertiary alicyclic amines) is 1. The highest BCUT2D eigenvalue weighted by atomic mass is 16.2. The number of carbonyl (C=O) groups excluding carboxylic acids is 1. The van der Waals surface area contributed by atoms with Gasteiger partial charge in [-0.15, -0.1) is 0 Å². The topological polar surface area (TPSA) is 58.4 Å². The molecule has 3 aliphatic rings. The number of piperidine rings is 1. The third-order valence-corrected chi connectivity index (χ3v) is 6.42. The van der Waals surface area contributed by atoms with Crippen molar-refractivity contribution in [3.05, 3.63) is 0 Å². The first kappa shape index (κ1) is 16.3. The highest BCUT2D eigenvalue weighted by Gasteiger charge is 2.42. The van der Waals surface area contributed by atoms with Gasteiger partial charge in [0, 0.05) is 12.1 Å². The minimum absolute atomic E-state index is 0.221. The van der Waals surface area contributed by atoms with Crippen molar-refractivity contribution in [2.75, 3.05) is 19.6 Å². The molecule has 2 saturated carbocycles. The molecule has 3 rings (SSSR count). The normalized spacial score (nSPS) is 36.5. The number of carbonyl (C=O) groups is 1. The Balaban J connectivity index is 1.47. The summed E-state index contributed by atoms with van der Waals surface area (Å²) in [6, 6.07) is 0.864. The van der Waals surface area contributed by atoms with Gasteiger partial charge in [-0.3, -0.25) is 9.69 Å². The van der Waals surface area contributed by atoms with Gasteiger partial charge >= 0.3 is 0 Å². The molecule has 22 heavy (non-hydrogen) atoms. The zero-order chi connectivity index (χ0) is 15.5. The van der Waals surface area contributed by atoms with Crippen LogP contribution in [0.1, 0.15) is 58.3 Å². The average Bonchev–Trinajstić information content (AvgIpc) is 3.12. The van der Waals surface area contributed by atoms with Gasteiger partial charge < -0.3 is 11.1 Å². The SMILES string of the molecule is CC(NC(=O)CN1CCCCC1CCN)C1CC2CCC1C2. The molecule has 2 bridgehead atoms. The highest BCUT2D eigenvalue weighted by Crippen LogP contribution is 2.49. The molecule has 3 N–H and O–H groups in total. The molecule has 1 aliphatic heterocycles. The second-order valence-electron chi connectivity index (χ2n) is 7.89. The van der Waals surface area contributed by atoms with Gasteiger partial charge in [0.1, 0.15) is 0 Å². The van der Waals surface area contributed by atoms with Crippen LogP contribution in [-0.2, 0) is 4.79 Å². The van der Waals surface area contributed by atoms with Gasteiger partial charge in [-0.25, -0.2) is 0 Å². The average molecular weight is 307 g/mol. The molecule has 4 nitrogen and oxygen atoms in total. The van der Waals surface area contributed by atoms with Crippen LogP contribution in [0, 0.1) is 17.8 Å². The summed E-state index contributed by atoms with van der Waals surface area (Å²) >= 11 is 0. The van der Waals surface area contributed by atoms with Crippen molar-refractivity contribution in [2.45, 2.75) is 70.4 Å². The summed E-state index contributed by atoms with van der Waals surface area (Å²) in [5, 5.41) is 3.30. The number of nitrogens with zero attached hydrogens (tertiary/aromatic N) is 1. The first-order valence-corrected chi connectivity index (χ1v) is 9.41. The van der Waals surface area contributed by atoms with Crippen LogP contribution in [0.2, 0.25) is 0 Å². The molecule has 3 fully saturated rings. The van der Waals surface area contributed by atoms with E-state index in [4.69, 9.17) is 5.73 Å². The molecule has 1 amide bonds. The van der Waals surface area contributed by atoms with Crippen LogP contribution in [0.25, 0.3) is 0 Å². The van der Waals surface area contributed by atoms with Crippen molar-refractivity contribution < 1.29 is 4.79 Å². The second kappa shape index (κ2) is 7.31. The summed E-state index contributed by atoms with van der Waals surface area (Å²) in [5.41, 5.74) is 5.72. The summed E-state index contributed by atoms with van der Waals surface area (Å²) < 4.78 is 0. The van der Waals surface area contributed by atoms with Crippen LogP contribution >= 0.6 is 0 Å². The van der Waals surface area contributed by atoms with Gasteiger partial charge in [-0.2, -0.15) is 0 Å². The van der Waals surface area contributed by atoms with Crippen LogP contribution in [0.5, 0.6) is 0 Å².